The van der Waals surface area contributed by atoms with Gasteiger partial charge >= 0.3 is 0 Å². The highest BCUT2D eigenvalue weighted by molar-refractivity contribution is 7.80. The lowest BCUT2D eigenvalue weighted by molar-refractivity contribution is -0.384. The summed E-state index contributed by atoms with van der Waals surface area (Å²) >= 11 is 5.57. The number of carbonyl (C=O) groups is 1. The Balaban J connectivity index is 2.09. The summed E-state index contributed by atoms with van der Waals surface area (Å²) in [6, 6.07) is 18.5. The number of nitrogens with zero attached hydrogens (tertiary/aromatic N) is 3. The van der Waals surface area contributed by atoms with E-state index in [9.17, 15) is 25.0 Å². The van der Waals surface area contributed by atoms with Crippen LogP contribution >= 0.6 is 12.2 Å². The van der Waals surface area contributed by atoms with Crippen molar-refractivity contribution in [1.82, 2.24) is 0 Å². The standard InChI is InChI=1S/C21H17N5O5S/c22-20(27)13-14-5-1-3-7-18(14)24(15-9-11-16(12-10-15)25(28)29)21(32)23-17-6-2-4-8-19(17)26(30)31/h1-12H,13H2,(H2,22,27)(H,23,32). The summed E-state index contributed by atoms with van der Waals surface area (Å²) in [7, 11) is 0. The van der Waals surface area contributed by atoms with E-state index in [1.807, 2.05) is 0 Å². The van der Waals surface area contributed by atoms with Crippen molar-refractivity contribution in [3.63, 3.8) is 0 Å². The molecule has 3 N–H and O–H groups in total. The fourth-order valence-corrected chi connectivity index (χ4v) is 3.38. The normalized spacial score (nSPS) is 10.2. The summed E-state index contributed by atoms with van der Waals surface area (Å²) in [5.74, 6) is -0.557. The maximum Gasteiger partial charge on any atom is 0.292 e. The molecule has 0 fully saturated rings. The third-order valence-corrected chi connectivity index (χ3v) is 4.75. The summed E-state index contributed by atoms with van der Waals surface area (Å²) in [5.41, 5.74) is 6.76. The highest BCUT2D eigenvalue weighted by Crippen LogP contribution is 2.32. The number of amides is 1. The van der Waals surface area contributed by atoms with Crippen molar-refractivity contribution in [2.24, 2.45) is 5.73 Å². The predicted octanol–water partition coefficient (Wildman–Crippen LogP) is 4.07. The van der Waals surface area contributed by atoms with Gasteiger partial charge in [0.1, 0.15) is 5.69 Å². The Morgan fingerprint density at radius 3 is 2.19 bits per heavy atom. The molecule has 10 nitrogen and oxygen atoms in total. The topological polar surface area (TPSA) is 145 Å². The summed E-state index contributed by atoms with van der Waals surface area (Å²) in [4.78, 5) is 34.5. The second kappa shape index (κ2) is 9.62. The van der Waals surface area contributed by atoms with Gasteiger partial charge < -0.3 is 11.1 Å². The Morgan fingerprint density at radius 2 is 1.56 bits per heavy atom. The van der Waals surface area contributed by atoms with Gasteiger partial charge in [0.05, 0.1) is 22.0 Å². The van der Waals surface area contributed by atoms with Crippen LogP contribution < -0.4 is 16.0 Å². The van der Waals surface area contributed by atoms with Gasteiger partial charge in [-0.05, 0) is 42.0 Å². The Bertz CT molecular complexity index is 1200. The number of hydrogen-bond donors (Lipinski definition) is 2. The molecule has 0 saturated heterocycles. The molecule has 3 aromatic rings. The molecule has 0 aliphatic heterocycles. The number of hydrogen-bond acceptors (Lipinski definition) is 6. The number of carbonyl (C=O) groups excluding carboxylic acids is 1. The predicted molar refractivity (Wildman–Crippen MR) is 124 cm³/mol. The molecule has 0 aromatic heterocycles. The molecule has 32 heavy (non-hydrogen) atoms. The van der Waals surface area contributed by atoms with Gasteiger partial charge in [-0.2, -0.15) is 0 Å². The van der Waals surface area contributed by atoms with Gasteiger partial charge in [-0.15, -0.1) is 0 Å². The molecule has 162 valence electrons. The molecule has 0 unspecified atom stereocenters. The van der Waals surface area contributed by atoms with Crippen LogP contribution in [0.25, 0.3) is 0 Å². The average molecular weight is 451 g/mol. The summed E-state index contributed by atoms with van der Waals surface area (Å²) in [6.45, 7) is 0. The third kappa shape index (κ3) is 5.02. The molecule has 0 heterocycles. The molecule has 11 heteroatoms. The summed E-state index contributed by atoms with van der Waals surface area (Å²) in [6.07, 6.45) is -0.0756. The minimum Gasteiger partial charge on any atom is -0.369 e. The van der Waals surface area contributed by atoms with Crippen molar-refractivity contribution in [2.75, 3.05) is 10.2 Å². The maximum absolute atomic E-state index is 11.6. The number of rotatable bonds is 7. The zero-order chi connectivity index (χ0) is 23.3. The first-order chi connectivity index (χ1) is 15.3. The monoisotopic (exact) mass is 451 g/mol. The Labute approximate surface area is 187 Å². The lowest BCUT2D eigenvalue weighted by Crippen LogP contribution is -2.32. The van der Waals surface area contributed by atoms with Gasteiger partial charge in [-0.1, -0.05) is 30.3 Å². The molecular weight excluding hydrogens is 434 g/mol. The molecular formula is C21H17N5O5S. The van der Waals surface area contributed by atoms with Gasteiger partial charge in [-0.25, -0.2) is 0 Å². The number of nitro groups is 2. The second-order valence-electron chi connectivity index (χ2n) is 6.59. The van der Waals surface area contributed by atoms with Crippen molar-refractivity contribution >= 4 is 51.7 Å². The SMILES string of the molecule is NC(=O)Cc1ccccc1N(C(=S)Nc1ccccc1[N+](=O)[O-])c1ccc([N+](=O)[O-])cc1. The maximum atomic E-state index is 11.6. The molecule has 0 aliphatic rings. The summed E-state index contributed by atoms with van der Waals surface area (Å²) < 4.78 is 0. The highest BCUT2D eigenvalue weighted by Gasteiger charge is 2.22. The number of thiocarbonyl (C=S) groups is 1. The Kier molecular flexibility index (Phi) is 6.71. The third-order valence-electron chi connectivity index (χ3n) is 4.46. The van der Waals surface area contributed by atoms with Gasteiger partial charge in [0.15, 0.2) is 5.11 Å². The molecule has 0 atom stereocenters. The van der Waals surface area contributed by atoms with Crippen LogP contribution in [0.2, 0.25) is 0 Å². The Morgan fingerprint density at radius 1 is 0.938 bits per heavy atom. The number of nitrogens with one attached hydrogen (secondary N) is 1. The number of nitro benzene ring substituents is 2. The van der Waals surface area contributed by atoms with E-state index in [2.05, 4.69) is 5.32 Å². The first kappa shape index (κ1) is 22.3. The van der Waals surface area contributed by atoms with E-state index in [1.54, 1.807) is 30.3 Å². The molecule has 0 aliphatic carbocycles. The number of benzene rings is 3. The zero-order valence-corrected chi connectivity index (χ0v) is 17.3. The van der Waals surface area contributed by atoms with E-state index in [4.69, 9.17) is 18.0 Å². The lowest BCUT2D eigenvalue weighted by atomic mass is 10.1. The van der Waals surface area contributed by atoms with Crippen molar-refractivity contribution in [2.45, 2.75) is 6.42 Å². The van der Waals surface area contributed by atoms with E-state index in [1.165, 1.54) is 47.4 Å². The largest absolute Gasteiger partial charge is 0.369 e. The fourth-order valence-electron chi connectivity index (χ4n) is 3.06. The summed E-state index contributed by atoms with van der Waals surface area (Å²) in [5, 5.41) is 25.4. The molecule has 0 spiro atoms. The van der Waals surface area contributed by atoms with E-state index >= 15 is 0 Å². The number of nitrogens with two attached hydrogens (primary N) is 1. The van der Waals surface area contributed by atoms with Crippen molar-refractivity contribution in [3.8, 4) is 0 Å². The minimum atomic E-state index is -0.557. The van der Waals surface area contributed by atoms with Crippen LogP contribution in [0.1, 0.15) is 5.56 Å². The quantitative estimate of drug-likeness (QED) is 0.311. The van der Waals surface area contributed by atoms with E-state index < -0.39 is 15.8 Å². The van der Waals surface area contributed by atoms with Crippen molar-refractivity contribution in [3.05, 3.63) is 98.6 Å². The van der Waals surface area contributed by atoms with Crippen LogP contribution in [0.15, 0.2) is 72.8 Å². The molecule has 0 saturated carbocycles. The molecule has 3 rings (SSSR count). The second-order valence-corrected chi connectivity index (χ2v) is 6.97. The fraction of sp³-hybridized carbons (Fsp3) is 0.0476. The highest BCUT2D eigenvalue weighted by atomic mass is 32.1. The molecule has 3 aromatic carbocycles. The first-order valence-corrected chi connectivity index (χ1v) is 9.64. The van der Waals surface area contributed by atoms with Crippen LogP contribution in [-0.4, -0.2) is 20.9 Å². The lowest BCUT2D eigenvalue weighted by Gasteiger charge is -2.28. The van der Waals surface area contributed by atoms with Crippen molar-refractivity contribution < 1.29 is 14.6 Å². The average Bonchev–Trinajstić information content (AvgIpc) is 2.75. The van der Waals surface area contributed by atoms with Gasteiger partial charge in [0.25, 0.3) is 11.4 Å². The molecule has 0 radical (unpaired) electrons. The Hall–Kier alpha value is -4.38. The first-order valence-electron chi connectivity index (χ1n) is 9.23. The van der Waals surface area contributed by atoms with Crippen LogP contribution in [0, 0.1) is 20.2 Å². The van der Waals surface area contributed by atoms with Crippen LogP contribution in [0.3, 0.4) is 0 Å². The van der Waals surface area contributed by atoms with Gasteiger partial charge in [0, 0.05) is 23.9 Å². The minimum absolute atomic E-state index is 0.0603. The van der Waals surface area contributed by atoms with E-state index in [0.717, 1.165) is 0 Å². The van der Waals surface area contributed by atoms with Crippen LogP contribution in [-0.2, 0) is 11.2 Å². The number of primary amides is 1. The number of anilines is 3. The van der Waals surface area contributed by atoms with Gasteiger partial charge in [-0.3, -0.25) is 29.9 Å². The van der Waals surface area contributed by atoms with Gasteiger partial charge in [0.2, 0.25) is 5.91 Å². The van der Waals surface area contributed by atoms with Crippen LogP contribution in [0.5, 0.6) is 0 Å². The van der Waals surface area contributed by atoms with Crippen LogP contribution in [0.4, 0.5) is 28.4 Å². The number of non-ortho nitro benzene ring substituents is 1. The zero-order valence-electron chi connectivity index (χ0n) is 16.5. The number of para-hydroxylation sites is 3. The molecule has 1 amide bonds. The van der Waals surface area contributed by atoms with E-state index in [0.29, 0.717) is 16.9 Å². The van der Waals surface area contributed by atoms with E-state index in [-0.39, 0.29) is 28.6 Å². The van der Waals surface area contributed by atoms with Crippen molar-refractivity contribution in [1.29, 1.82) is 0 Å². The smallest absolute Gasteiger partial charge is 0.292 e. The molecule has 0 bridgehead atoms.